The minimum absolute atomic E-state index is 0.436. The van der Waals surface area contributed by atoms with Gasteiger partial charge in [-0.25, -0.2) is 15.0 Å². The van der Waals surface area contributed by atoms with Crippen LogP contribution in [0.2, 0.25) is 0 Å². The first-order valence-electron chi connectivity index (χ1n) is 8.89. The lowest BCUT2D eigenvalue weighted by Gasteiger charge is -2.31. The van der Waals surface area contributed by atoms with Crippen molar-refractivity contribution in [3.8, 4) is 11.5 Å². The largest absolute Gasteiger partial charge is 0.493 e. The molecule has 1 aliphatic rings. The van der Waals surface area contributed by atoms with Crippen molar-refractivity contribution in [1.29, 1.82) is 0 Å². The molecule has 140 valence electrons. The van der Waals surface area contributed by atoms with Crippen molar-refractivity contribution in [3.05, 3.63) is 36.4 Å². The zero-order valence-corrected chi connectivity index (χ0v) is 15.4. The molecule has 3 aromatic rings. The summed E-state index contributed by atoms with van der Waals surface area (Å²) >= 11 is 0. The summed E-state index contributed by atoms with van der Waals surface area (Å²) in [5.74, 6) is 2.75. The highest BCUT2D eigenvalue weighted by molar-refractivity contribution is 5.91. The molecule has 1 saturated heterocycles. The second kappa shape index (κ2) is 7.22. The summed E-state index contributed by atoms with van der Waals surface area (Å²) < 4.78 is 10.7. The van der Waals surface area contributed by atoms with Crippen LogP contribution in [0.4, 0.5) is 11.8 Å². The molecule has 4 rings (SSSR count). The average molecular weight is 366 g/mol. The molecule has 0 atom stereocenters. The van der Waals surface area contributed by atoms with Crippen LogP contribution in [0.5, 0.6) is 11.5 Å². The first-order chi connectivity index (χ1) is 13.2. The molecule has 0 spiro atoms. The van der Waals surface area contributed by atoms with E-state index in [0.29, 0.717) is 29.2 Å². The summed E-state index contributed by atoms with van der Waals surface area (Å²) in [6.45, 7) is 1.71. The molecule has 0 saturated carbocycles. The molecule has 0 unspecified atom stereocenters. The van der Waals surface area contributed by atoms with Gasteiger partial charge >= 0.3 is 0 Å². The summed E-state index contributed by atoms with van der Waals surface area (Å²) in [4.78, 5) is 19.8. The van der Waals surface area contributed by atoms with E-state index < -0.39 is 0 Å². The Hall–Kier alpha value is -3.16. The summed E-state index contributed by atoms with van der Waals surface area (Å²) in [6, 6.07) is 5.64. The van der Waals surface area contributed by atoms with E-state index in [1.807, 2.05) is 18.2 Å². The molecule has 27 heavy (non-hydrogen) atoms. The number of fused-ring (bicyclic) bond motifs is 1. The van der Waals surface area contributed by atoms with E-state index in [0.717, 1.165) is 42.5 Å². The number of piperidine rings is 1. The summed E-state index contributed by atoms with van der Waals surface area (Å²) in [5, 5.41) is 0.757. The van der Waals surface area contributed by atoms with Gasteiger partial charge < -0.3 is 20.1 Å². The van der Waals surface area contributed by atoms with E-state index in [1.165, 1.54) is 0 Å². The smallest absolute Gasteiger partial charge is 0.227 e. The Balaban J connectivity index is 1.59. The van der Waals surface area contributed by atoms with E-state index in [1.54, 1.807) is 26.7 Å². The van der Waals surface area contributed by atoms with Crippen LogP contribution in [-0.4, -0.2) is 47.2 Å². The summed E-state index contributed by atoms with van der Waals surface area (Å²) in [7, 11) is 3.20. The number of nitrogens with zero attached hydrogens (tertiary/aromatic N) is 5. The number of nitrogens with two attached hydrogens (primary N) is 1. The molecule has 0 amide bonds. The molecule has 1 aromatic carbocycles. The Morgan fingerprint density at radius 3 is 2.48 bits per heavy atom. The van der Waals surface area contributed by atoms with Crippen LogP contribution in [0, 0.1) is 0 Å². The van der Waals surface area contributed by atoms with Crippen LogP contribution in [0.25, 0.3) is 10.9 Å². The van der Waals surface area contributed by atoms with Crippen molar-refractivity contribution in [2.75, 3.05) is 37.9 Å². The van der Waals surface area contributed by atoms with Gasteiger partial charge in [-0.2, -0.15) is 4.98 Å². The van der Waals surface area contributed by atoms with Gasteiger partial charge in [-0.1, -0.05) is 0 Å². The molecule has 8 nitrogen and oxygen atoms in total. The number of hydrogen-bond acceptors (Lipinski definition) is 8. The number of ether oxygens (including phenoxy) is 2. The average Bonchev–Trinajstić information content (AvgIpc) is 2.73. The third kappa shape index (κ3) is 3.30. The highest BCUT2D eigenvalue weighted by Crippen LogP contribution is 2.35. The minimum atomic E-state index is 0.436. The molecule has 0 bridgehead atoms. The minimum Gasteiger partial charge on any atom is -0.493 e. The van der Waals surface area contributed by atoms with Crippen LogP contribution in [-0.2, 0) is 0 Å². The van der Waals surface area contributed by atoms with Crippen molar-refractivity contribution in [1.82, 2.24) is 19.9 Å². The van der Waals surface area contributed by atoms with Gasteiger partial charge in [0.2, 0.25) is 5.95 Å². The molecule has 1 aliphatic heterocycles. The van der Waals surface area contributed by atoms with Gasteiger partial charge in [0, 0.05) is 42.4 Å². The second-order valence-electron chi connectivity index (χ2n) is 6.53. The van der Waals surface area contributed by atoms with E-state index in [4.69, 9.17) is 20.2 Å². The highest BCUT2D eigenvalue weighted by Gasteiger charge is 2.24. The number of rotatable bonds is 4. The first kappa shape index (κ1) is 17.3. The zero-order valence-electron chi connectivity index (χ0n) is 15.4. The maximum atomic E-state index is 6.21. The maximum absolute atomic E-state index is 6.21. The Labute approximate surface area is 157 Å². The zero-order chi connectivity index (χ0) is 18.8. The van der Waals surface area contributed by atoms with Crippen LogP contribution in [0.3, 0.4) is 0 Å². The van der Waals surface area contributed by atoms with Crippen LogP contribution in [0.15, 0.2) is 30.7 Å². The number of methoxy groups -OCH3 is 2. The molecule has 8 heteroatoms. The van der Waals surface area contributed by atoms with Gasteiger partial charge in [-0.3, -0.25) is 0 Å². The Morgan fingerprint density at radius 1 is 1.07 bits per heavy atom. The number of nitrogen functional groups attached to an aromatic ring is 1. The Kier molecular flexibility index (Phi) is 4.62. The molecular formula is C19H22N6O2. The molecule has 0 radical (unpaired) electrons. The Morgan fingerprint density at radius 2 is 1.81 bits per heavy atom. The quantitative estimate of drug-likeness (QED) is 0.751. The third-order valence-corrected chi connectivity index (χ3v) is 5.02. The molecule has 3 heterocycles. The van der Waals surface area contributed by atoms with Crippen molar-refractivity contribution in [2.24, 2.45) is 0 Å². The summed E-state index contributed by atoms with van der Waals surface area (Å²) in [5.41, 5.74) is 8.05. The monoisotopic (exact) mass is 366 g/mol. The highest BCUT2D eigenvalue weighted by atomic mass is 16.5. The molecule has 2 N–H and O–H groups in total. The lowest BCUT2D eigenvalue weighted by molar-refractivity contribution is 0.356. The predicted octanol–water partition coefficient (Wildman–Crippen LogP) is 2.40. The van der Waals surface area contributed by atoms with Gasteiger partial charge in [-0.05, 0) is 25.0 Å². The lowest BCUT2D eigenvalue weighted by Crippen LogP contribution is -2.34. The Bertz CT molecular complexity index is 942. The van der Waals surface area contributed by atoms with E-state index in [-0.39, 0.29) is 0 Å². The van der Waals surface area contributed by atoms with Gasteiger partial charge in [0.15, 0.2) is 11.5 Å². The normalized spacial score (nSPS) is 15.1. The molecular weight excluding hydrogens is 344 g/mol. The third-order valence-electron chi connectivity index (χ3n) is 5.02. The number of anilines is 2. The van der Waals surface area contributed by atoms with E-state index in [2.05, 4.69) is 19.9 Å². The van der Waals surface area contributed by atoms with Crippen LogP contribution >= 0.6 is 0 Å². The first-order valence-corrected chi connectivity index (χ1v) is 8.89. The van der Waals surface area contributed by atoms with Crippen molar-refractivity contribution >= 4 is 22.7 Å². The second-order valence-corrected chi connectivity index (χ2v) is 6.53. The van der Waals surface area contributed by atoms with Gasteiger partial charge in [-0.15, -0.1) is 0 Å². The number of aromatic nitrogens is 4. The fourth-order valence-electron chi connectivity index (χ4n) is 3.53. The van der Waals surface area contributed by atoms with Gasteiger partial charge in [0.25, 0.3) is 0 Å². The van der Waals surface area contributed by atoms with Crippen molar-refractivity contribution in [3.63, 3.8) is 0 Å². The van der Waals surface area contributed by atoms with Gasteiger partial charge in [0.05, 0.1) is 19.7 Å². The van der Waals surface area contributed by atoms with Crippen LogP contribution < -0.4 is 20.1 Å². The summed E-state index contributed by atoms with van der Waals surface area (Å²) in [6.07, 6.45) is 5.38. The maximum Gasteiger partial charge on any atom is 0.227 e. The van der Waals surface area contributed by atoms with Crippen molar-refractivity contribution in [2.45, 2.75) is 18.8 Å². The number of hydrogen-bond donors (Lipinski definition) is 1. The molecule has 0 aliphatic carbocycles. The fraction of sp³-hybridized carbons (Fsp3) is 0.368. The topological polar surface area (TPSA) is 99.3 Å². The number of benzene rings is 1. The van der Waals surface area contributed by atoms with Gasteiger partial charge in [0.1, 0.15) is 12.1 Å². The molecule has 1 fully saturated rings. The van der Waals surface area contributed by atoms with Crippen molar-refractivity contribution < 1.29 is 9.47 Å². The standard InChI is InChI=1S/C19H22N6O2/c1-26-16-9-13-15(10-17(16)27-2)23-19(24-18(13)20)25-7-4-12(5-8-25)14-3-6-21-11-22-14/h3,6,9-12H,4-5,7-8H2,1-2H3,(H2,20,23,24). The SMILES string of the molecule is COc1cc2nc(N3CCC(c4ccncn4)CC3)nc(N)c2cc1OC. The molecule has 2 aromatic heterocycles. The predicted molar refractivity (Wildman–Crippen MR) is 103 cm³/mol. The van der Waals surface area contributed by atoms with Crippen LogP contribution in [0.1, 0.15) is 24.5 Å². The fourth-order valence-corrected chi connectivity index (χ4v) is 3.53. The lowest BCUT2D eigenvalue weighted by atomic mass is 9.93. The van der Waals surface area contributed by atoms with E-state index >= 15 is 0 Å². The van der Waals surface area contributed by atoms with E-state index in [9.17, 15) is 0 Å².